The summed E-state index contributed by atoms with van der Waals surface area (Å²) in [6.07, 6.45) is 0. The van der Waals surface area contributed by atoms with E-state index >= 15 is 0 Å². The van der Waals surface area contributed by atoms with Crippen molar-refractivity contribution in [2.24, 2.45) is 0 Å². The largest absolute Gasteiger partial charge is 0.309 e. The van der Waals surface area contributed by atoms with Crippen LogP contribution in [0.2, 0.25) is 0 Å². The molecule has 0 aliphatic heterocycles. The van der Waals surface area contributed by atoms with Crippen molar-refractivity contribution >= 4 is 235 Å². The van der Waals surface area contributed by atoms with E-state index in [1.165, 1.54) is 218 Å². The lowest BCUT2D eigenvalue weighted by Crippen LogP contribution is -1.95. The highest BCUT2D eigenvalue weighted by Gasteiger charge is 2.26. The molecule has 19 aromatic carbocycles. The van der Waals surface area contributed by atoms with E-state index in [1.54, 1.807) is 0 Å². The first-order chi connectivity index (χ1) is 52.6. The van der Waals surface area contributed by atoms with Crippen LogP contribution in [-0.2, 0) is 0 Å². The van der Waals surface area contributed by atoms with E-state index in [-0.39, 0.29) is 0 Å². The summed E-state index contributed by atoms with van der Waals surface area (Å²) in [5.74, 6) is 0. The summed E-state index contributed by atoms with van der Waals surface area (Å²) in [5.41, 5.74) is 11.3. The highest BCUT2D eigenvalue weighted by molar-refractivity contribution is 7.28. The molecule has 25 rings (SSSR count). The first kappa shape index (κ1) is 59.6. The van der Waals surface area contributed by atoms with Gasteiger partial charge in [-0.2, -0.15) is 0 Å². The van der Waals surface area contributed by atoms with E-state index in [0.29, 0.717) is 0 Å². The summed E-state index contributed by atoms with van der Waals surface area (Å²) in [6.45, 7) is 0. The van der Waals surface area contributed by atoms with Gasteiger partial charge in [-0.25, -0.2) is 0 Å². The van der Waals surface area contributed by atoms with Crippen molar-refractivity contribution < 1.29 is 0 Å². The van der Waals surface area contributed by atoms with Gasteiger partial charge in [0.25, 0.3) is 0 Å². The molecular weight excluding hydrogens is 1340 g/mol. The van der Waals surface area contributed by atoms with Crippen LogP contribution in [-0.4, -0.2) is 13.7 Å². The van der Waals surface area contributed by atoms with Crippen LogP contribution in [0.3, 0.4) is 0 Å². The molecular formula is C100H59N3S3. The lowest BCUT2D eigenvalue weighted by Gasteiger charge is -2.13. The second-order valence-electron chi connectivity index (χ2n) is 28.0. The Labute approximate surface area is 619 Å². The summed E-state index contributed by atoms with van der Waals surface area (Å²) in [5, 5.41) is 34.2. The normalized spacial score (nSPS) is 12.2. The lowest BCUT2D eigenvalue weighted by molar-refractivity contribution is 1.19. The quantitative estimate of drug-likeness (QED) is 0.157. The van der Waals surface area contributed by atoms with Crippen LogP contribution in [0.4, 0.5) is 0 Å². The smallest absolute Gasteiger partial charge is 0.0640 e. The molecule has 0 saturated heterocycles. The van der Waals surface area contributed by atoms with Gasteiger partial charge in [0.05, 0.1) is 38.8 Å². The second-order valence-corrected chi connectivity index (χ2v) is 31.2. The number of rotatable bonds is 3. The number of benzene rings is 19. The SMILES string of the molecule is c1ccc2c(-n3c4ccccc4c4c5ccccc5c5sc6ccccc6c5c43)cccc2c1.c1ccc2c(c1)ccc1cc(-n3c4ccccc4c4c5ccccc5c5sc6ccccc6c5c43)ccc12.c1ccc2cc(-n3c4ccccc4c4c5ccccc5c5sc6ccccc6c5c43)ccc2c1. The first-order valence-corrected chi connectivity index (χ1v) is 38.7. The predicted molar refractivity (Wildman–Crippen MR) is 464 cm³/mol. The van der Waals surface area contributed by atoms with Crippen molar-refractivity contribution in [3.63, 3.8) is 0 Å². The third kappa shape index (κ3) is 8.66. The Morgan fingerprint density at radius 1 is 0.170 bits per heavy atom. The van der Waals surface area contributed by atoms with E-state index < -0.39 is 0 Å². The van der Waals surface area contributed by atoms with Crippen LogP contribution in [0.1, 0.15) is 0 Å². The summed E-state index contributed by atoms with van der Waals surface area (Å²) >= 11 is 5.73. The predicted octanol–water partition coefficient (Wildman–Crippen LogP) is 29.5. The number of thiophene rings is 3. The van der Waals surface area contributed by atoms with Gasteiger partial charge in [0.2, 0.25) is 0 Å². The minimum Gasteiger partial charge on any atom is -0.309 e. The molecule has 0 spiro atoms. The van der Waals surface area contributed by atoms with Gasteiger partial charge in [0.15, 0.2) is 0 Å². The summed E-state index contributed by atoms with van der Waals surface area (Å²) < 4.78 is 15.6. The molecule has 106 heavy (non-hydrogen) atoms. The molecule has 6 aromatic heterocycles. The molecule has 0 atom stereocenters. The molecule has 0 N–H and O–H groups in total. The first-order valence-electron chi connectivity index (χ1n) is 36.3. The molecule has 0 radical (unpaired) electrons. The van der Waals surface area contributed by atoms with Gasteiger partial charge in [-0.15, -0.1) is 34.0 Å². The van der Waals surface area contributed by atoms with Gasteiger partial charge in [-0.05, 0) is 121 Å². The third-order valence-electron chi connectivity index (χ3n) is 22.4. The average molecular weight is 1400 g/mol. The molecule has 0 unspecified atom stereocenters. The molecule has 0 aliphatic carbocycles. The number of hydrogen-bond donors (Lipinski definition) is 0. The maximum atomic E-state index is 2.51. The zero-order valence-electron chi connectivity index (χ0n) is 57.1. The van der Waals surface area contributed by atoms with Crippen LogP contribution in [0, 0.1) is 0 Å². The molecule has 25 aromatic rings. The lowest BCUT2D eigenvalue weighted by atomic mass is 9.99. The van der Waals surface area contributed by atoms with Gasteiger partial charge in [0, 0.05) is 126 Å². The topological polar surface area (TPSA) is 14.8 Å². The number of para-hydroxylation sites is 3. The van der Waals surface area contributed by atoms with Crippen molar-refractivity contribution in [3.05, 3.63) is 358 Å². The summed E-state index contributed by atoms with van der Waals surface area (Å²) in [4.78, 5) is 0. The molecule has 0 bridgehead atoms. The maximum absolute atomic E-state index is 2.51. The fourth-order valence-corrected chi connectivity index (χ4v) is 21.7. The third-order valence-corrected chi connectivity index (χ3v) is 26.0. The summed E-state index contributed by atoms with van der Waals surface area (Å²) in [7, 11) is 0. The van der Waals surface area contributed by atoms with Crippen LogP contribution < -0.4 is 0 Å². The van der Waals surface area contributed by atoms with Crippen molar-refractivity contribution in [2.75, 3.05) is 0 Å². The summed E-state index contributed by atoms with van der Waals surface area (Å²) in [6, 6.07) is 131. The van der Waals surface area contributed by atoms with E-state index in [9.17, 15) is 0 Å². The standard InChI is InChI=1S/C36H21NS.2C32H19NS/c1-2-10-25-22(9-1)17-18-23-21-24(19-20-26(23)25)37-31-15-7-5-13-29(31)33-27-11-3-4-12-28(27)36-34(35(33)37)30-14-6-8-16-32(30)38-36;1-2-12-21-20(10-1)11-9-18-26(21)33-27-17-7-5-15-24(27)29-22-13-3-4-14-23(22)32-30(31(29)33)25-16-6-8-19-28(25)34-32;1-2-10-21-19-22(18-17-20(21)9-1)33-27-15-7-5-13-25(27)29-23-11-3-4-12-24(23)32-30(31(29)33)26-14-6-8-16-28(26)34-32/h1-21H;2*1-19H. The van der Waals surface area contributed by atoms with Crippen LogP contribution in [0.15, 0.2) is 358 Å². The van der Waals surface area contributed by atoms with E-state index in [1.807, 2.05) is 34.0 Å². The van der Waals surface area contributed by atoms with E-state index in [2.05, 4.69) is 372 Å². The highest BCUT2D eigenvalue weighted by Crippen LogP contribution is 2.52. The van der Waals surface area contributed by atoms with Gasteiger partial charge in [-0.1, -0.05) is 291 Å². The Hall–Kier alpha value is -12.9. The Bertz CT molecular complexity index is 8040. The monoisotopic (exact) mass is 1400 g/mol. The molecule has 0 amide bonds. The Morgan fingerprint density at radius 3 is 0.953 bits per heavy atom. The van der Waals surface area contributed by atoms with Crippen LogP contribution in [0.25, 0.3) is 218 Å². The van der Waals surface area contributed by atoms with Gasteiger partial charge in [-0.3, -0.25) is 0 Å². The fraction of sp³-hybridized carbons (Fsp3) is 0. The minimum absolute atomic E-state index is 1.20. The molecule has 0 saturated carbocycles. The Morgan fingerprint density at radius 2 is 0.472 bits per heavy atom. The highest BCUT2D eigenvalue weighted by atomic mass is 32.1. The van der Waals surface area contributed by atoms with Gasteiger partial charge >= 0.3 is 0 Å². The molecule has 3 nitrogen and oxygen atoms in total. The molecule has 492 valence electrons. The van der Waals surface area contributed by atoms with Crippen molar-refractivity contribution in [2.45, 2.75) is 0 Å². The zero-order chi connectivity index (χ0) is 69.2. The zero-order valence-corrected chi connectivity index (χ0v) is 59.6. The number of nitrogens with zero attached hydrogens (tertiary/aromatic N) is 3. The number of fused-ring (bicyclic) bond motifs is 35. The van der Waals surface area contributed by atoms with Crippen molar-refractivity contribution in [1.29, 1.82) is 0 Å². The van der Waals surface area contributed by atoms with Gasteiger partial charge in [0.1, 0.15) is 0 Å². The number of hydrogen-bond acceptors (Lipinski definition) is 3. The van der Waals surface area contributed by atoms with Crippen LogP contribution in [0.5, 0.6) is 0 Å². The van der Waals surface area contributed by atoms with E-state index in [4.69, 9.17) is 0 Å². The molecule has 0 aliphatic rings. The fourth-order valence-electron chi connectivity index (χ4n) is 18.0. The van der Waals surface area contributed by atoms with Gasteiger partial charge < -0.3 is 13.7 Å². The Balaban J connectivity index is 0.0000000968. The minimum atomic E-state index is 1.20. The molecule has 6 heterocycles. The van der Waals surface area contributed by atoms with Crippen molar-refractivity contribution in [3.8, 4) is 17.1 Å². The average Bonchev–Trinajstić information content (AvgIpc) is 1.55. The Kier molecular flexibility index (Phi) is 13.1. The van der Waals surface area contributed by atoms with Crippen molar-refractivity contribution in [1.82, 2.24) is 13.7 Å². The number of aromatic nitrogens is 3. The van der Waals surface area contributed by atoms with E-state index in [0.717, 1.165) is 0 Å². The maximum Gasteiger partial charge on any atom is 0.0640 e. The molecule has 6 heteroatoms. The van der Waals surface area contributed by atoms with Crippen LogP contribution >= 0.6 is 34.0 Å². The molecule has 0 fully saturated rings. The second kappa shape index (κ2) is 23.3.